The van der Waals surface area contributed by atoms with E-state index in [1.54, 1.807) is 17.8 Å². The maximum absolute atomic E-state index is 6.46. The van der Waals surface area contributed by atoms with Gasteiger partial charge in [-0.15, -0.1) is 11.8 Å². The lowest BCUT2D eigenvalue weighted by atomic mass is 10.0. The molecular formula is C18H13Cl3N2S2. The van der Waals surface area contributed by atoms with Gasteiger partial charge in [0.2, 0.25) is 0 Å². The van der Waals surface area contributed by atoms with E-state index in [-0.39, 0.29) is 0 Å². The molecule has 0 unspecified atom stereocenters. The van der Waals surface area contributed by atoms with Crippen molar-refractivity contribution in [1.82, 2.24) is 9.97 Å². The Bertz CT molecular complexity index is 915. The van der Waals surface area contributed by atoms with Crippen LogP contribution in [0.3, 0.4) is 0 Å². The van der Waals surface area contributed by atoms with Crippen molar-refractivity contribution in [2.45, 2.75) is 10.2 Å². The average Bonchev–Trinajstić information content (AvgIpc) is 2.61. The zero-order valence-corrected chi connectivity index (χ0v) is 17.3. The van der Waals surface area contributed by atoms with Crippen molar-refractivity contribution in [2.24, 2.45) is 0 Å². The number of hydrogen-bond acceptors (Lipinski definition) is 4. The number of hydrogen-bond donors (Lipinski definition) is 0. The van der Waals surface area contributed by atoms with Gasteiger partial charge >= 0.3 is 0 Å². The summed E-state index contributed by atoms with van der Waals surface area (Å²) in [7, 11) is 0. The Balaban J connectivity index is 2.33. The second kappa shape index (κ2) is 8.19. The third-order valence-electron chi connectivity index (χ3n) is 3.55. The highest BCUT2D eigenvalue weighted by Gasteiger charge is 2.19. The maximum Gasteiger partial charge on any atom is 0.188 e. The van der Waals surface area contributed by atoms with Crippen LogP contribution >= 0.6 is 58.3 Å². The van der Waals surface area contributed by atoms with Gasteiger partial charge in [0.1, 0.15) is 5.03 Å². The molecule has 2 nitrogen and oxygen atoms in total. The first-order chi connectivity index (χ1) is 12.0. The van der Waals surface area contributed by atoms with Gasteiger partial charge in [0.15, 0.2) is 5.16 Å². The number of benzene rings is 2. The SMILES string of the molecule is CSc1nc(SC)c(-c2ccc(Cl)cc2)c(-c2ccc(Cl)cc2Cl)n1. The van der Waals surface area contributed by atoms with Crippen LogP contribution in [0.4, 0.5) is 0 Å². The van der Waals surface area contributed by atoms with E-state index in [9.17, 15) is 0 Å². The molecular weight excluding hydrogens is 415 g/mol. The van der Waals surface area contributed by atoms with Crippen LogP contribution in [0.2, 0.25) is 15.1 Å². The Hall–Kier alpha value is -0.910. The summed E-state index contributed by atoms with van der Waals surface area (Å²) in [6.07, 6.45) is 3.95. The Labute approximate surface area is 170 Å². The molecule has 0 aliphatic carbocycles. The Kier molecular flexibility index (Phi) is 6.18. The highest BCUT2D eigenvalue weighted by Crippen LogP contribution is 2.41. The lowest BCUT2D eigenvalue weighted by Gasteiger charge is -2.15. The molecule has 3 rings (SSSR count). The molecule has 0 saturated carbocycles. The number of nitrogens with zero attached hydrogens (tertiary/aromatic N) is 2. The van der Waals surface area contributed by atoms with Gasteiger partial charge in [0, 0.05) is 21.2 Å². The fourth-order valence-electron chi connectivity index (χ4n) is 2.41. The molecule has 0 bridgehead atoms. The Morgan fingerprint density at radius 3 is 2.08 bits per heavy atom. The van der Waals surface area contributed by atoms with Crippen molar-refractivity contribution in [1.29, 1.82) is 0 Å². The normalized spacial score (nSPS) is 10.9. The molecule has 0 aliphatic rings. The fraction of sp³-hybridized carbons (Fsp3) is 0.111. The molecule has 7 heteroatoms. The molecule has 128 valence electrons. The molecule has 0 fully saturated rings. The molecule has 1 aromatic heterocycles. The minimum Gasteiger partial charge on any atom is -0.222 e. The predicted octanol–water partition coefficient (Wildman–Crippen LogP) is 7.21. The Morgan fingerprint density at radius 1 is 0.800 bits per heavy atom. The molecule has 0 aliphatic heterocycles. The molecule has 0 spiro atoms. The summed E-state index contributed by atoms with van der Waals surface area (Å²) in [5.74, 6) is 0. The summed E-state index contributed by atoms with van der Waals surface area (Å²) >= 11 is 21.6. The van der Waals surface area contributed by atoms with Crippen LogP contribution in [0.15, 0.2) is 52.6 Å². The van der Waals surface area contributed by atoms with Crippen LogP contribution in [0.1, 0.15) is 0 Å². The summed E-state index contributed by atoms with van der Waals surface area (Å²) in [4.78, 5) is 9.39. The zero-order valence-electron chi connectivity index (χ0n) is 13.4. The molecule has 0 atom stereocenters. The van der Waals surface area contributed by atoms with Crippen LogP contribution in [-0.4, -0.2) is 22.5 Å². The maximum atomic E-state index is 6.46. The van der Waals surface area contributed by atoms with Crippen LogP contribution in [0.5, 0.6) is 0 Å². The highest BCUT2D eigenvalue weighted by atomic mass is 35.5. The lowest BCUT2D eigenvalue weighted by molar-refractivity contribution is 0.905. The highest BCUT2D eigenvalue weighted by molar-refractivity contribution is 7.99. The van der Waals surface area contributed by atoms with Crippen molar-refractivity contribution < 1.29 is 0 Å². The van der Waals surface area contributed by atoms with Gasteiger partial charge in [-0.1, -0.05) is 58.7 Å². The van der Waals surface area contributed by atoms with E-state index in [1.165, 1.54) is 11.8 Å². The molecule has 25 heavy (non-hydrogen) atoms. The van der Waals surface area contributed by atoms with E-state index in [0.717, 1.165) is 27.4 Å². The van der Waals surface area contributed by atoms with Gasteiger partial charge in [0.25, 0.3) is 0 Å². The number of halogens is 3. The minimum absolute atomic E-state index is 0.556. The molecule has 0 radical (unpaired) electrons. The summed E-state index contributed by atoms with van der Waals surface area (Å²) in [5, 5.41) is 3.42. The van der Waals surface area contributed by atoms with Crippen LogP contribution < -0.4 is 0 Å². The zero-order chi connectivity index (χ0) is 18.0. The first-order valence-corrected chi connectivity index (χ1v) is 10.8. The van der Waals surface area contributed by atoms with Crippen LogP contribution in [-0.2, 0) is 0 Å². The second-order valence-corrected chi connectivity index (χ2v) is 7.92. The first kappa shape index (κ1) is 18.9. The van der Waals surface area contributed by atoms with E-state index in [0.29, 0.717) is 20.2 Å². The van der Waals surface area contributed by atoms with Gasteiger partial charge in [0.05, 0.1) is 10.7 Å². The third-order valence-corrected chi connectivity index (χ3v) is 5.58. The monoisotopic (exact) mass is 426 g/mol. The Morgan fingerprint density at radius 2 is 1.48 bits per heavy atom. The fourth-order valence-corrected chi connectivity index (χ4v) is 4.06. The topological polar surface area (TPSA) is 25.8 Å². The number of thioether (sulfide) groups is 2. The van der Waals surface area contributed by atoms with E-state index >= 15 is 0 Å². The van der Waals surface area contributed by atoms with E-state index in [4.69, 9.17) is 39.8 Å². The summed E-state index contributed by atoms with van der Waals surface area (Å²) in [5.41, 5.74) is 3.53. The lowest BCUT2D eigenvalue weighted by Crippen LogP contribution is -1.99. The number of aromatic nitrogens is 2. The van der Waals surface area contributed by atoms with E-state index in [1.807, 2.05) is 48.9 Å². The standard InChI is InChI=1S/C18H13Cl3N2S2/c1-24-17-15(10-3-5-11(19)6-4-10)16(22-18(23-17)25-2)13-8-7-12(20)9-14(13)21/h3-9H,1-2H3. The molecule has 1 heterocycles. The first-order valence-electron chi connectivity index (χ1n) is 7.25. The summed E-state index contributed by atoms with van der Waals surface area (Å²) in [6.45, 7) is 0. The van der Waals surface area contributed by atoms with Gasteiger partial charge in [-0.2, -0.15) is 0 Å². The smallest absolute Gasteiger partial charge is 0.188 e. The summed E-state index contributed by atoms with van der Waals surface area (Å²) < 4.78 is 0. The van der Waals surface area contributed by atoms with Crippen molar-refractivity contribution in [3.8, 4) is 22.4 Å². The van der Waals surface area contributed by atoms with Crippen molar-refractivity contribution >= 4 is 58.3 Å². The quantitative estimate of drug-likeness (QED) is 0.249. The summed E-state index contributed by atoms with van der Waals surface area (Å²) in [6, 6.07) is 13.1. The van der Waals surface area contributed by atoms with E-state index in [2.05, 4.69) is 4.98 Å². The third kappa shape index (κ3) is 4.09. The molecule has 2 aromatic carbocycles. The largest absolute Gasteiger partial charge is 0.222 e. The van der Waals surface area contributed by atoms with Crippen molar-refractivity contribution in [3.63, 3.8) is 0 Å². The van der Waals surface area contributed by atoms with Crippen LogP contribution in [0.25, 0.3) is 22.4 Å². The average molecular weight is 428 g/mol. The van der Waals surface area contributed by atoms with Gasteiger partial charge < -0.3 is 0 Å². The molecule has 0 saturated heterocycles. The van der Waals surface area contributed by atoms with Crippen molar-refractivity contribution in [3.05, 3.63) is 57.5 Å². The molecule has 0 amide bonds. The molecule has 3 aromatic rings. The molecule has 0 N–H and O–H groups in total. The van der Waals surface area contributed by atoms with Crippen molar-refractivity contribution in [2.75, 3.05) is 12.5 Å². The van der Waals surface area contributed by atoms with Gasteiger partial charge in [-0.05, 0) is 48.4 Å². The minimum atomic E-state index is 0.556. The second-order valence-electron chi connectivity index (χ2n) is 5.07. The number of rotatable bonds is 4. The van der Waals surface area contributed by atoms with Gasteiger partial charge in [-0.3, -0.25) is 0 Å². The van der Waals surface area contributed by atoms with Gasteiger partial charge in [-0.25, -0.2) is 9.97 Å². The predicted molar refractivity (Wildman–Crippen MR) is 111 cm³/mol. The van der Waals surface area contributed by atoms with E-state index < -0.39 is 0 Å². The van der Waals surface area contributed by atoms with Crippen LogP contribution in [0, 0.1) is 0 Å².